The predicted octanol–water partition coefficient (Wildman–Crippen LogP) is 1.67. The highest BCUT2D eigenvalue weighted by molar-refractivity contribution is 6.06. The van der Waals surface area contributed by atoms with Crippen molar-refractivity contribution in [3.8, 4) is 0 Å². The monoisotopic (exact) mass is 368 g/mol. The first-order chi connectivity index (χ1) is 13.0. The topological polar surface area (TPSA) is 106 Å². The van der Waals surface area contributed by atoms with E-state index in [1.54, 1.807) is 11.9 Å². The van der Waals surface area contributed by atoms with Gasteiger partial charge in [-0.2, -0.15) is 0 Å². The molecular weight excluding hydrogens is 344 g/mol. The van der Waals surface area contributed by atoms with Crippen molar-refractivity contribution in [3.05, 3.63) is 30.1 Å². The quantitative estimate of drug-likeness (QED) is 0.688. The minimum Gasteiger partial charge on any atom is -0.382 e. The fourth-order valence-corrected chi connectivity index (χ4v) is 3.22. The zero-order chi connectivity index (χ0) is 19.6. The van der Waals surface area contributed by atoms with Crippen molar-refractivity contribution in [3.63, 3.8) is 0 Å². The molecule has 0 spiro atoms. The number of nitrogens with two attached hydrogens (primary N) is 1. The molecular formula is C19H24N6O2. The summed E-state index contributed by atoms with van der Waals surface area (Å²) in [7, 11) is 1.61. The number of aromatic nitrogens is 3. The number of benzene rings is 1. The van der Waals surface area contributed by atoms with Crippen molar-refractivity contribution in [1.29, 1.82) is 0 Å². The maximum Gasteiger partial charge on any atom is 0.221 e. The highest BCUT2D eigenvalue weighted by Crippen LogP contribution is 2.29. The molecule has 3 aromatic rings. The Morgan fingerprint density at radius 2 is 2.00 bits per heavy atom. The molecule has 3 N–H and O–H groups in total. The molecule has 2 heterocycles. The van der Waals surface area contributed by atoms with Gasteiger partial charge in [-0.3, -0.25) is 9.59 Å². The van der Waals surface area contributed by atoms with Crippen molar-refractivity contribution >= 4 is 39.6 Å². The molecule has 0 aliphatic carbocycles. The molecule has 2 amide bonds. The minimum atomic E-state index is -0.0620. The van der Waals surface area contributed by atoms with Crippen LogP contribution >= 0.6 is 0 Å². The molecule has 0 aliphatic heterocycles. The van der Waals surface area contributed by atoms with Gasteiger partial charge in [0.05, 0.1) is 17.6 Å². The van der Waals surface area contributed by atoms with E-state index in [1.807, 2.05) is 35.8 Å². The average molecular weight is 368 g/mol. The number of aryl methyl sites for hydroxylation is 1. The van der Waals surface area contributed by atoms with Crippen LogP contribution in [0.5, 0.6) is 0 Å². The van der Waals surface area contributed by atoms with Crippen molar-refractivity contribution in [2.45, 2.75) is 33.4 Å². The number of para-hydroxylation sites is 1. The van der Waals surface area contributed by atoms with Gasteiger partial charge in [0, 0.05) is 38.9 Å². The molecule has 2 aromatic heterocycles. The fraction of sp³-hybridized carbons (Fsp3) is 0.368. The Kier molecular flexibility index (Phi) is 5.25. The van der Waals surface area contributed by atoms with Crippen LogP contribution in [0.25, 0.3) is 21.9 Å². The van der Waals surface area contributed by atoms with Gasteiger partial charge in [-0.15, -0.1) is 0 Å². The van der Waals surface area contributed by atoms with Gasteiger partial charge in [-0.1, -0.05) is 18.2 Å². The van der Waals surface area contributed by atoms with Crippen LogP contribution in [0.3, 0.4) is 0 Å². The highest BCUT2D eigenvalue weighted by Gasteiger charge is 2.20. The van der Waals surface area contributed by atoms with Crippen molar-refractivity contribution < 1.29 is 9.59 Å². The molecule has 0 saturated heterocycles. The van der Waals surface area contributed by atoms with Crippen LogP contribution in [0.15, 0.2) is 24.3 Å². The largest absolute Gasteiger partial charge is 0.382 e. The molecule has 1 aromatic carbocycles. The van der Waals surface area contributed by atoms with E-state index in [4.69, 9.17) is 5.73 Å². The van der Waals surface area contributed by atoms with E-state index in [-0.39, 0.29) is 11.8 Å². The maximum atomic E-state index is 11.9. The molecule has 0 radical (unpaired) electrons. The van der Waals surface area contributed by atoms with Crippen LogP contribution in [0.1, 0.15) is 26.1 Å². The van der Waals surface area contributed by atoms with E-state index in [0.717, 1.165) is 16.4 Å². The van der Waals surface area contributed by atoms with Crippen LogP contribution in [0.2, 0.25) is 0 Å². The zero-order valence-corrected chi connectivity index (χ0v) is 15.8. The lowest BCUT2D eigenvalue weighted by atomic mass is 10.2. The molecule has 0 aliphatic rings. The van der Waals surface area contributed by atoms with Gasteiger partial charge in [-0.05, 0) is 13.0 Å². The van der Waals surface area contributed by atoms with Gasteiger partial charge in [0.25, 0.3) is 0 Å². The smallest absolute Gasteiger partial charge is 0.221 e. The summed E-state index contributed by atoms with van der Waals surface area (Å²) >= 11 is 0. The standard InChI is InChI=1S/C19H24N6O2/c1-4-24(12(2)26)11-15-23-17-18(25(15)10-9-16(27)21-3)13-7-5-6-8-14(13)22-19(17)20/h5-8H,4,9-11H2,1-3H3,(H2,20,22)(H,21,27). The summed E-state index contributed by atoms with van der Waals surface area (Å²) in [6, 6.07) is 7.70. The number of anilines is 1. The van der Waals surface area contributed by atoms with E-state index < -0.39 is 0 Å². The molecule has 27 heavy (non-hydrogen) atoms. The Bertz CT molecular complexity index is 1010. The number of nitrogens with zero attached hydrogens (tertiary/aromatic N) is 4. The second kappa shape index (κ2) is 7.61. The van der Waals surface area contributed by atoms with Crippen LogP contribution in [0.4, 0.5) is 5.82 Å². The third kappa shape index (κ3) is 3.55. The summed E-state index contributed by atoms with van der Waals surface area (Å²) in [4.78, 5) is 34.5. The second-order valence-electron chi connectivity index (χ2n) is 6.35. The number of carbonyl (C=O) groups is 2. The summed E-state index contributed by atoms with van der Waals surface area (Å²) in [6.07, 6.45) is 0.303. The maximum absolute atomic E-state index is 11.9. The molecule has 0 saturated carbocycles. The number of fused-ring (bicyclic) bond motifs is 3. The third-order valence-corrected chi connectivity index (χ3v) is 4.69. The number of hydrogen-bond donors (Lipinski definition) is 2. The highest BCUT2D eigenvalue weighted by atomic mass is 16.2. The van der Waals surface area contributed by atoms with E-state index in [0.29, 0.717) is 43.2 Å². The Morgan fingerprint density at radius 1 is 1.26 bits per heavy atom. The van der Waals surface area contributed by atoms with Gasteiger partial charge >= 0.3 is 0 Å². The third-order valence-electron chi connectivity index (χ3n) is 4.69. The fourth-order valence-electron chi connectivity index (χ4n) is 3.22. The Hall–Kier alpha value is -3.16. The number of amides is 2. The lowest BCUT2D eigenvalue weighted by Crippen LogP contribution is -2.29. The summed E-state index contributed by atoms with van der Waals surface area (Å²) < 4.78 is 1.98. The lowest BCUT2D eigenvalue weighted by molar-refractivity contribution is -0.129. The second-order valence-corrected chi connectivity index (χ2v) is 6.35. The van der Waals surface area contributed by atoms with E-state index in [9.17, 15) is 9.59 Å². The molecule has 0 unspecified atom stereocenters. The molecule has 0 bridgehead atoms. The number of nitrogens with one attached hydrogen (secondary N) is 1. The van der Waals surface area contributed by atoms with Crippen LogP contribution < -0.4 is 11.1 Å². The van der Waals surface area contributed by atoms with Crippen molar-refractivity contribution in [2.24, 2.45) is 0 Å². The lowest BCUT2D eigenvalue weighted by Gasteiger charge is -2.19. The van der Waals surface area contributed by atoms with Gasteiger partial charge in [-0.25, -0.2) is 9.97 Å². The SMILES string of the molecule is CCN(Cc1nc2c(N)nc3ccccc3c2n1CCC(=O)NC)C(C)=O. The summed E-state index contributed by atoms with van der Waals surface area (Å²) in [5.41, 5.74) is 8.38. The molecule has 8 nitrogen and oxygen atoms in total. The average Bonchev–Trinajstić information content (AvgIpc) is 3.03. The Morgan fingerprint density at radius 3 is 2.67 bits per heavy atom. The first kappa shape index (κ1) is 18.6. The van der Waals surface area contributed by atoms with Crippen molar-refractivity contribution in [1.82, 2.24) is 24.8 Å². The molecule has 8 heteroatoms. The summed E-state index contributed by atoms with van der Waals surface area (Å²) in [5.74, 6) is 0.941. The number of rotatable bonds is 6. The Balaban J connectivity index is 2.21. The summed E-state index contributed by atoms with van der Waals surface area (Å²) in [5, 5.41) is 3.56. The predicted molar refractivity (Wildman–Crippen MR) is 105 cm³/mol. The number of imidazole rings is 1. The van der Waals surface area contributed by atoms with E-state index in [1.165, 1.54) is 6.92 Å². The molecule has 0 fully saturated rings. The van der Waals surface area contributed by atoms with Gasteiger partial charge in [0.1, 0.15) is 11.3 Å². The zero-order valence-electron chi connectivity index (χ0n) is 15.8. The van der Waals surface area contributed by atoms with Crippen molar-refractivity contribution in [2.75, 3.05) is 19.3 Å². The molecule has 142 valence electrons. The first-order valence-corrected chi connectivity index (χ1v) is 8.95. The summed E-state index contributed by atoms with van der Waals surface area (Å²) in [6.45, 7) is 4.81. The van der Waals surface area contributed by atoms with Gasteiger partial charge in [0.15, 0.2) is 5.82 Å². The number of pyridine rings is 1. The van der Waals surface area contributed by atoms with Crippen LogP contribution in [0, 0.1) is 0 Å². The van der Waals surface area contributed by atoms with E-state index in [2.05, 4.69) is 15.3 Å². The Labute approximate surface area is 157 Å². The minimum absolute atomic E-state index is 0.0293. The molecule has 0 atom stereocenters. The molecule has 3 rings (SSSR count). The van der Waals surface area contributed by atoms with Crippen LogP contribution in [-0.2, 0) is 22.7 Å². The number of hydrogen-bond acceptors (Lipinski definition) is 5. The van der Waals surface area contributed by atoms with Gasteiger partial charge in [0.2, 0.25) is 11.8 Å². The number of carbonyl (C=O) groups excluding carboxylic acids is 2. The van der Waals surface area contributed by atoms with Gasteiger partial charge < -0.3 is 20.5 Å². The first-order valence-electron chi connectivity index (χ1n) is 8.95. The number of nitrogen functional groups attached to an aromatic ring is 1. The van der Waals surface area contributed by atoms with Crippen LogP contribution in [-0.4, -0.2) is 44.8 Å². The van der Waals surface area contributed by atoms with E-state index >= 15 is 0 Å². The normalized spacial score (nSPS) is 11.1.